The Morgan fingerprint density at radius 3 is 2.54 bits per heavy atom. The van der Waals surface area contributed by atoms with E-state index in [1.165, 1.54) is 24.4 Å². The van der Waals surface area contributed by atoms with Gasteiger partial charge in [-0.25, -0.2) is 22.8 Å². The van der Waals surface area contributed by atoms with Gasteiger partial charge in [0.1, 0.15) is 0 Å². The Balaban J connectivity index is 1.77. The minimum Gasteiger partial charge on any atom is -0.321 e. The van der Waals surface area contributed by atoms with Crippen LogP contribution in [0.15, 0.2) is 53.6 Å². The Kier molecular flexibility index (Phi) is 5.57. The van der Waals surface area contributed by atoms with E-state index in [-0.39, 0.29) is 17.0 Å². The number of anilines is 1. The van der Waals surface area contributed by atoms with Crippen LogP contribution in [0.5, 0.6) is 0 Å². The Hall–Kier alpha value is -3.04. The number of rotatable bonds is 6. The van der Waals surface area contributed by atoms with Crippen LogP contribution in [-0.4, -0.2) is 35.6 Å². The normalized spacial score (nSPS) is 11.4. The smallest absolute Gasteiger partial charge is 0.255 e. The number of sulfonamides is 1. The van der Waals surface area contributed by atoms with Crippen LogP contribution in [0.1, 0.15) is 28.7 Å². The molecule has 0 saturated carbocycles. The van der Waals surface area contributed by atoms with E-state index in [0.717, 1.165) is 11.4 Å². The Bertz CT molecular complexity index is 1100. The van der Waals surface area contributed by atoms with Crippen molar-refractivity contribution < 1.29 is 13.2 Å². The first kappa shape index (κ1) is 19.7. The third-order valence-corrected chi connectivity index (χ3v) is 5.52. The van der Waals surface area contributed by atoms with Crippen molar-refractivity contribution in [3.8, 4) is 5.82 Å². The second-order valence-corrected chi connectivity index (χ2v) is 7.99. The van der Waals surface area contributed by atoms with E-state index >= 15 is 0 Å². The molecule has 8 nitrogen and oxygen atoms in total. The molecule has 0 atom stereocenters. The molecule has 146 valence electrons. The van der Waals surface area contributed by atoms with Crippen molar-refractivity contribution in [2.24, 2.45) is 0 Å². The number of hydrogen-bond acceptors (Lipinski definition) is 5. The first-order chi connectivity index (χ1) is 13.3. The lowest BCUT2D eigenvalue weighted by molar-refractivity contribution is 0.102. The SMILES string of the molecule is CCNS(=O)(=O)c1cccc(C(=O)Nc2ccc(-n3nc(C)cc3C)nc2)c1. The Morgan fingerprint density at radius 1 is 1.14 bits per heavy atom. The molecule has 0 aliphatic heterocycles. The molecule has 0 spiro atoms. The van der Waals surface area contributed by atoms with E-state index < -0.39 is 15.9 Å². The van der Waals surface area contributed by atoms with Crippen molar-refractivity contribution in [2.75, 3.05) is 11.9 Å². The zero-order valence-corrected chi connectivity index (χ0v) is 16.6. The fraction of sp³-hybridized carbons (Fsp3) is 0.211. The van der Waals surface area contributed by atoms with Crippen molar-refractivity contribution in [2.45, 2.75) is 25.7 Å². The molecule has 28 heavy (non-hydrogen) atoms. The number of aromatic nitrogens is 3. The molecule has 2 N–H and O–H groups in total. The minimum absolute atomic E-state index is 0.0417. The molecule has 1 aromatic carbocycles. The van der Waals surface area contributed by atoms with Crippen LogP contribution < -0.4 is 10.0 Å². The van der Waals surface area contributed by atoms with Gasteiger partial charge in [-0.3, -0.25) is 4.79 Å². The summed E-state index contributed by atoms with van der Waals surface area (Å²) in [4.78, 5) is 16.9. The van der Waals surface area contributed by atoms with E-state index in [2.05, 4.69) is 20.1 Å². The zero-order valence-electron chi connectivity index (χ0n) is 15.8. The lowest BCUT2D eigenvalue weighted by atomic mass is 10.2. The van der Waals surface area contributed by atoms with Gasteiger partial charge in [0.2, 0.25) is 10.0 Å². The number of amides is 1. The summed E-state index contributed by atoms with van der Waals surface area (Å²) in [6.07, 6.45) is 1.53. The number of carbonyl (C=O) groups excluding carboxylic acids is 1. The predicted octanol–water partition coefficient (Wildman–Crippen LogP) is 2.43. The third-order valence-electron chi connectivity index (χ3n) is 3.97. The van der Waals surface area contributed by atoms with Crippen molar-refractivity contribution in [1.82, 2.24) is 19.5 Å². The van der Waals surface area contributed by atoms with E-state index in [1.54, 1.807) is 29.8 Å². The summed E-state index contributed by atoms with van der Waals surface area (Å²) in [5, 5.41) is 7.09. The van der Waals surface area contributed by atoms with E-state index in [0.29, 0.717) is 11.5 Å². The van der Waals surface area contributed by atoms with Crippen molar-refractivity contribution in [1.29, 1.82) is 0 Å². The molecule has 0 aliphatic rings. The van der Waals surface area contributed by atoms with Gasteiger partial charge in [-0.2, -0.15) is 5.10 Å². The summed E-state index contributed by atoms with van der Waals surface area (Å²) in [7, 11) is -3.63. The number of pyridine rings is 1. The number of benzene rings is 1. The van der Waals surface area contributed by atoms with Gasteiger partial charge in [0.25, 0.3) is 5.91 Å². The van der Waals surface area contributed by atoms with Gasteiger partial charge >= 0.3 is 0 Å². The summed E-state index contributed by atoms with van der Waals surface area (Å²) >= 11 is 0. The molecule has 2 aromatic heterocycles. The largest absolute Gasteiger partial charge is 0.321 e. The topological polar surface area (TPSA) is 106 Å². The average molecular weight is 399 g/mol. The molecule has 0 bridgehead atoms. The van der Waals surface area contributed by atoms with Gasteiger partial charge in [0, 0.05) is 17.8 Å². The van der Waals surface area contributed by atoms with Crippen LogP contribution in [-0.2, 0) is 10.0 Å². The van der Waals surface area contributed by atoms with Gasteiger partial charge in [0.05, 0.1) is 22.5 Å². The highest BCUT2D eigenvalue weighted by Crippen LogP contribution is 2.15. The fourth-order valence-corrected chi connectivity index (χ4v) is 3.81. The molecule has 9 heteroatoms. The molecule has 1 amide bonds. The van der Waals surface area contributed by atoms with Gasteiger partial charge in [0.15, 0.2) is 5.82 Å². The Morgan fingerprint density at radius 2 is 1.93 bits per heavy atom. The van der Waals surface area contributed by atoms with Crippen molar-refractivity contribution in [3.05, 3.63) is 65.6 Å². The molecule has 0 saturated heterocycles. The van der Waals surface area contributed by atoms with E-state index in [4.69, 9.17) is 0 Å². The van der Waals surface area contributed by atoms with Crippen LogP contribution in [0.3, 0.4) is 0 Å². The zero-order chi connectivity index (χ0) is 20.3. The summed E-state index contributed by atoms with van der Waals surface area (Å²) in [6.45, 7) is 5.80. The van der Waals surface area contributed by atoms with Gasteiger partial charge in [-0.05, 0) is 50.2 Å². The van der Waals surface area contributed by atoms with Crippen molar-refractivity contribution in [3.63, 3.8) is 0 Å². The molecule has 0 fully saturated rings. The number of aryl methyl sites for hydroxylation is 2. The molecule has 0 radical (unpaired) electrons. The molecular weight excluding hydrogens is 378 g/mol. The maximum Gasteiger partial charge on any atom is 0.255 e. The molecular formula is C19H21N5O3S. The fourth-order valence-electron chi connectivity index (χ4n) is 2.73. The number of nitrogens with one attached hydrogen (secondary N) is 2. The lowest BCUT2D eigenvalue weighted by Crippen LogP contribution is -2.23. The van der Waals surface area contributed by atoms with Crippen LogP contribution in [0.2, 0.25) is 0 Å². The van der Waals surface area contributed by atoms with Crippen LogP contribution in [0.25, 0.3) is 5.82 Å². The first-order valence-electron chi connectivity index (χ1n) is 8.71. The third kappa shape index (κ3) is 4.26. The van der Waals surface area contributed by atoms with Gasteiger partial charge in [-0.1, -0.05) is 13.0 Å². The molecule has 2 heterocycles. The minimum atomic E-state index is -3.63. The summed E-state index contributed by atoms with van der Waals surface area (Å²) in [6, 6.07) is 11.3. The quantitative estimate of drug-likeness (QED) is 0.662. The van der Waals surface area contributed by atoms with E-state index in [9.17, 15) is 13.2 Å². The van der Waals surface area contributed by atoms with Gasteiger partial charge in [-0.15, -0.1) is 0 Å². The predicted molar refractivity (Wildman–Crippen MR) is 106 cm³/mol. The van der Waals surface area contributed by atoms with Crippen LogP contribution >= 0.6 is 0 Å². The summed E-state index contributed by atoms with van der Waals surface area (Å²) < 4.78 is 28.3. The second kappa shape index (κ2) is 7.91. The van der Waals surface area contributed by atoms with Crippen molar-refractivity contribution >= 4 is 21.6 Å². The monoisotopic (exact) mass is 399 g/mol. The molecule has 3 aromatic rings. The van der Waals surface area contributed by atoms with Crippen LogP contribution in [0.4, 0.5) is 5.69 Å². The Labute approximate surface area is 163 Å². The number of hydrogen-bond donors (Lipinski definition) is 2. The molecule has 3 rings (SSSR count). The molecule has 0 aliphatic carbocycles. The maximum atomic E-state index is 12.5. The number of carbonyl (C=O) groups is 1. The summed E-state index contributed by atoms with van der Waals surface area (Å²) in [5.74, 6) is 0.219. The highest BCUT2D eigenvalue weighted by Gasteiger charge is 2.15. The molecule has 0 unspecified atom stereocenters. The van der Waals surface area contributed by atoms with Gasteiger partial charge < -0.3 is 5.32 Å². The highest BCUT2D eigenvalue weighted by atomic mass is 32.2. The second-order valence-electron chi connectivity index (χ2n) is 6.23. The number of nitrogens with zero attached hydrogens (tertiary/aromatic N) is 3. The average Bonchev–Trinajstić information content (AvgIpc) is 3.00. The maximum absolute atomic E-state index is 12.5. The first-order valence-corrected chi connectivity index (χ1v) is 10.2. The van der Waals surface area contributed by atoms with Crippen LogP contribution in [0, 0.1) is 13.8 Å². The van der Waals surface area contributed by atoms with E-state index in [1.807, 2.05) is 19.9 Å². The standard InChI is InChI=1S/C19H21N5O3S/c1-4-21-28(26,27)17-7-5-6-15(11-17)19(25)22-16-8-9-18(20-12-16)24-14(3)10-13(2)23-24/h5-12,21H,4H2,1-3H3,(H,22,25). The highest BCUT2D eigenvalue weighted by molar-refractivity contribution is 7.89. The lowest BCUT2D eigenvalue weighted by Gasteiger charge is -2.09. The summed E-state index contributed by atoms with van der Waals surface area (Å²) in [5.41, 5.74) is 2.58.